The number of carbonyl (C=O) groups is 2. The third-order valence-corrected chi connectivity index (χ3v) is 8.18. The second kappa shape index (κ2) is 13.3. The molecule has 0 spiro atoms. The van der Waals surface area contributed by atoms with E-state index in [1.807, 2.05) is 47.6 Å². The van der Waals surface area contributed by atoms with Crippen LogP contribution in [0.5, 0.6) is 5.75 Å². The maximum Gasteiger partial charge on any atom is 0.260 e. The van der Waals surface area contributed by atoms with Crippen LogP contribution in [0.3, 0.4) is 0 Å². The quantitative estimate of drug-likeness (QED) is 0.177. The number of nitrogens with zero attached hydrogens (tertiary/aromatic N) is 5. The van der Waals surface area contributed by atoms with Gasteiger partial charge < -0.3 is 19.0 Å². The number of piperazine rings is 1. The molecule has 2 amide bonds. The maximum absolute atomic E-state index is 13.0. The Hall–Kier alpha value is -3.76. The smallest absolute Gasteiger partial charge is 0.260 e. The van der Waals surface area contributed by atoms with E-state index in [-0.39, 0.29) is 24.5 Å². The minimum atomic E-state index is -0.0949. The van der Waals surface area contributed by atoms with Crippen molar-refractivity contribution in [3.63, 3.8) is 0 Å². The standard InChI is InChI=1S/C30H32ClN5O4S/c1-21-7-11-24(12-8-21)36-29(26-5-3-17-39-26)32-33-30(36)41-18-4-6-27(37)34-15-16-35(22(2)19-34)28(38)20-40-25-13-9-23(31)10-14-25/h3,5,7-14,17,22H,4,6,15-16,18-20H2,1-2H3. The normalized spacial score (nSPS) is 15.2. The fourth-order valence-corrected chi connectivity index (χ4v) is 5.73. The maximum atomic E-state index is 13.0. The third-order valence-electron chi connectivity index (χ3n) is 6.91. The lowest BCUT2D eigenvalue weighted by molar-refractivity contribution is -0.143. The van der Waals surface area contributed by atoms with Gasteiger partial charge >= 0.3 is 0 Å². The summed E-state index contributed by atoms with van der Waals surface area (Å²) in [4.78, 5) is 29.4. The van der Waals surface area contributed by atoms with Crippen molar-refractivity contribution in [2.75, 3.05) is 32.0 Å². The fourth-order valence-electron chi connectivity index (χ4n) is 4.71. The van der Waals surface area contributed by atoms with Gasteiger partial charge in [-0.2, -0.15) is 0 Å². The van der Waals surface area contributed by atoms with Crippen LogP contribution in [0.15, 0.2) is 76.5 Å². The molecule has 4 aromatic rings. The summed E-state index contributed by atoms with van der Waals surface area (Å²) >= 11 is 7.47. The second-order valence-corrected chi connectivity index (χ2v) is 11.4. The Bertz CT molecular complexity index is 1460. The Balaban J connectivity index is 1.11. The van der Waals surface area contributed by atoms with Crippen LogP contribution in [0.1, 0.15) is 25.3 Å². The first-order valence-electron chi connectivity index (χ1n) is 13.5. The van der Waals surface area contributed by atoms with Gasteiger partial charge in [0.1, 0.15) is 5.75 Å². The zero-order chi connectivity index (χ0) is 28.8. The van der Waals surface area contributed by atoms with Crippen molar-refractivity contribution in [2.45, 2.75) is 37.9 Å². The van der Waals surface area contributed by atoms with Crippen LogP contribution in [0.2, 0.25) is 5.02 Å². The molecule has 1 saturated heterocycles. The summed E-state index contributed by atoms with van der Waals surface area (Å²) in [6.07, 6.45) is 2.74. The Morgan fingerprint density at radius 1 is 1.05 bits per heavy atom. The van der Waals surface area contributed by atoms with Crippen molar-refractivity contribution in [2.24, 2.45) is 0 Å². The molecule has 0 N–H and O–H groups in total. The van der Waals surface area contributed by atoms with Gasteiger partial charge in [-0.1, -0.05) is 41.1 Å². The molecule has 2 aromatic carbocycles. The SMILES string of the molecule is Cc1ccc(-n2c(SCCCC(=O)N3CCN(C(=O)COc4ccc(Cl)cc4)C(C)C3)nnc2-c2ccco2)cc1. The van der Waals surface area contributed by atoms with E-state index in [2.05, 4.69) is 22.3 Å². The Morgan fingerprint density at radius 2 is 1.83 bits per heavy atom. The summed E-state index contributed by atoms with van der Waals surface area (Å²) in [5.74, 6) is 2.59. The predicted molar refractivity (Wildman–Crippen MR) is 158 cm³/mol. The van der Waals surface area contributed by atoms with Crippen LogP contribution in [0.25, 0.3) is 17.3 Å². The summed E-state index contributed by atoms with van der Waals surface area (Å²) in [6, 6.07) is 18.7. The molecule has 0 saturated carbocycles. The van der Waals surface area contributed by atoms with Crippen molar-refractivity contribution < 1.29 is 18.7 Å². The highest BCUT2D eigenvalue weighted by atomic mass is 35.5. The van der Waals surface area contributed by atoms with E-state index >= 15 is 0 Å². The van der Waals surface area contributed by atoms with Gasteiger partial charge in [-0.15, -0.1) is 10.2 Å². The number of rotatable bonds is 10. The van der Waals surface area contributed by atoms with Crippen LogP contribution >= 0.6 is 23.4 Å². The zero-order valence-corrected chi connectivity index (χ0v) is 24.6. The molecule has 0 radical (unpaired) electrons. The number of aryl methyl sites for hydroxylation is 1. The lowest BCUT2D eigenvalue weighted by Crippen LogP contribution is -2.56. The first kappa shape index (κ1) is 28.8. The van der Waals surface area contributed by atoms with Crippen molar-refractivity contribution in [3.05, 3.63) is 77.5 Å². The summed E-state index contributed by atoms with van der Waals surface area (Å²) < 4.78 is 13.2. The zero-order valence-electron chi connectivity index (χ0n) is 23.0. The van der Waals surface area contributed by atoms with Crippen molar-refractivity contribution >= 4 is 35.2 Å². The number of halogens is 1. The molecule has 5 rings (SSSR count). The molecule has 1 aliphatic rings. The number of thioether (sulfide) groups is 1. The molecular weight excluding hydrogens is 562 g/mol. The highest BCUT2D eigenvalue weighted by Crippen LogP contribution is 2.29. The van der Waals surface area contributed by atoms with E-state index in [9.17, 15) is 9.59 Å². The van der Waals surface area contributed by atoms with Crippen LogP contribution < -0.4 is 4.74 Å². The summed E-state index contributed by atoms with van der Waals surface area (Å²) in [6.45, 7) is 5.46. The molecule has 41 heavy (non-hydrogen) atoms. The van der Waals surface area contributed by atoms with Crippen molar-refractivity contribution in [3.8, 4) is 23.0 Å². The van der Waals surface area contributed by atoms with Gasteiger partial charge in [0.05, 0.1) is 6.26 Å². The largest absolute Gasteiger partial charge is 0.484 e. The molecule has 0 bridgehead atoms. The number of hydrogen-bond donors (Lipinski definition) is 0. The first-order valence-corrected chi connectivity index (χ1v) is 14.9. The van der Waals surface area contributed by atoms with Gasteiger partial charge in [0.2, 0.25) is 11.7 Å². The molecule has 3 heterocycles. The topological polar surface area (TPSA) is 93.7 Å². The fraction of sp³-hybridized carbons (Fsp3) is 0.333. The number of furan rings is 1. The van der Waals surface area contributed by atoms with Gasteiger partial charge in [0, 0.05) is 48.6 Å². The molecule has 9 nitrogen and oxygen atoms in total. The minimum absolute atomic E-state index is 0.0496. The number of amides is 2. The lowest BCUT2D eigenvalue weighted by atomic mass is 10.1. The van der Waals surface area contributed by atoms with Gasteiger partial charge in [-0.05, 0) is 68.8 Å². The lowest BCUT2D eigenvalue weighted by Gasteiger charge is -2.39. The minimum Gasteiger partial charge on any atom is -0.484 e. The van der Waals surface area contributed by atoms with Crippen LogP contribution in [-0.4, -0.2) is 74.4 Å². The number of benzene rings is 2. The second-order valence-electron chi connectivity index (χ2n) is 9.92. The average molecular weight is 594 g/mol. The number of ether oxygens (including phenoxy) is 1. The Labute approximate surface area is 248 Å². The number of hydrogen-bond acceptors (Lipinski definition) is 7. The van der Waals surface area contributed by atoms with E-state index in [1.165, 1.54) is 5.56 Å². The van der Waals surface area contributed by atoms with Gasteiger partial charge in [-0.25, -0.2) is 0 Å². The van der Waals surface area contributed by atoms with Crippen molar-refractivity contribution in [1.82, 2.24) is 24.6 Å². The third kappa shape index (κ3) is 7.12. The van der Waals surface area contributed by atoms with E-state index < -0.39 is 0 Å². The molecule has 11 heteroatoms. The number of aromatic nitrogens is 3. The molecule has 1 fully saturated rings. The van der Waals surface area contributed by atoms with Gasteiger partial charge in [0.25, 0.3) is 5.91 Å². The molecule has 214 valence electrons. The molecule has 0 aliphatic carbocycles. The van der Waals surface area contributed by atoms with E-state index in [4.69, 9.17) is 20.8 Å². The summed E-state index contributed by atoms with van der Waals surface area (Å²) in [7, 11) is 0. The first-order chi connectivity index (χ1) is 19.9. The molecule has 1 atom stereocenters. The van der Waals surface area contributed by atoms with E-state index in [0.717, 1.165) is 10.8 Å². The van der Waals surface area contributed by atoms with E-state index in [1.54, 1.807) is 47.2 Å². The monoisotopic (exact) mass is 593 g/mol. The molecule has 1 unspecified atom stereocenters. The van der Waals surface area contributed by atoms with Gasteiger partial charge in [0.15, 0.2) is 17.5 Å². The number of carbonyl (C=O) groups excluding carboxylic acids is 2. The highest BCUT2D eigenvalue weighted by Gasteiger charge is 2.29. The van der Waals surface area contributed by atoms with Gasteiger partial charge in [-0.3, -0.25) is 14.2 Å². The van der Waals surface area contributed by atoms with Crippen LogP contribution in [0, 0.1) is 6.92 Å². The average Bonchev–Trinajstić information content (AvgIpc) is 3.65. The highest BCUT2D eigenvalue weighted by molar-refractivity contribution is 7.99. The van der Waals surface area contributed by atoms with E-state index in [0.29, 0.717) is 60.6 Å². The predicted octanol–water partition coefficient (Wildman–Crippen LogP) is 5.50. The van der Waals surface area contributed by atoms with Crippen LogP contribution in [-0.2, 0) is 9.59 Å². The summed E-state index contributed by atoms with van der Waals surface area (Å²) in [5.41, 5.74) is 2.12. The Morgan fingerprint density at radius 3 is 2.54 bits per heavy atom. The van der Waals surface area contributed by atoms with Crippen LogP contribution in [0.4, 0.5) is 0 Å². The Kier molecular flexibility index (Phi) is 9.31. The van der Waals surface area contributed by atoms with Crippen molar-refractivity contribution in [1.29, 1.82) is 0 Å². The molecular formula is C30H32ClN5O4S. The summed E-state index contributed by atoms with van der Waals surface area (Å²) in [5, 5.41) is 10.2. The molecule has 1 aliphatic heterocycles. The molecule has 2 aromatic heterocycles.